The minimum Gasteiger partial charge on any atom is -0.316 e. The summed E-state index contributed by atoms with van der Waals surface area (Å²) in [6.45, 7) is 0.840. The maximum Gasteiger partial charge on any atom is 0.251 e. The Hall–Kier alpha value is -0.570. The summed E-state index contributed by atoms with van der Waals surface area (Å²) in [4.78, 5) is 14.6. The molecule has 0 aromatic heterocycles. The van der Waals surface area contributed by atoms with Crippen LogP contribution in [0.15, 0.2) is 23.3 Å². The van der Waals surface area contributed by atoms with Crippen LogP contribution in [-0.4, -0.2) is 17.4 Å². The van der Waals surface area contributed by atoms with Gasteiger partial charge in [0.15, 0.2) is 0 Å². The highest BCUT2D eigenvalue weighted by Gasteiger charge is 2.07. The van der Waals surface area contributed by atoms with Gasteiger partial charge < -0.3 is 4.90 Å². The van der Waals surface area contributed by atoms with Crippen molar-refractivity contribution in [3.8, 4) is 0 Å². The summed E-state index contributed by atoms with van der Waals surface area (Å²) < 4.78 is 0. The van der Waals surface area contributed by atoms with Crippen LogP contribution in [0.3, 0.4) is 0 Å². The van der Waals surface area contributed by atoms with E-state index in [2.05, 4.69) is 15.9 Å². The third-order valence-corrected chi connectivity index (χ3v) is 2.06. The number of rotatable bonds is 1. The largest absolute Gasteiger partial charge is 0.316 e. The predicted molar refractivity (Wildman–Crippen MR) is 52.8 cm³/mol. The molecule has 12 heavy (non-hydrogen) atoms. The molecule has 0 saturated carbocycles. The standard InChI is InChI=1S/C9H12BrNO/c10-6-5-9(12)11-7-3-1-2-4-8-11/h3,5-7H,1-2,4,8H2/b6-5-. The molecule has 0 spiro atoms. The zero-order valence-corrected chi connectivity index (χ0v) is 8.46. The van der Waals surface area contributed by atoms with Crippen molar-refractivity contribution in [3.05, 3.63) is 23.3 Å². The summed E-state index contributed by atoms with van der Waals surface area (Å²) in [5.41, 5.74) is 0. The van der Waals surface area contributed by atoms with E-state index in [1.54, 1.807) is 9.89 Å². The molecule has 0 bridgehead atoms. The maximum absolute atomic E-state index is 11.3. The number of carbonyl (C=O) groups excluding carboxylic acids is 1. The smallest absolute Gasteiger partial charge is 0.251 e. The molecule has 0 saturated heterocycles. The monoisotopic (exact) mass is 229 g/mol. The predicted octanol–water partition coefficient (Wildman–Crippen LogP) is 2.42. The van der Waals surface area contributed by atoms with Crippen molar-refractivity contribution in [1.29, 1.82) is 0 Å². The third kappa shape index (κ3) is 2.81. The fourth-order valence-corrected chi connectivity index (χ4v) is 1.38. The van der Waals surface area contributed by atoms with Crippen LogP contribution in [0.25, 0.3) is 0 Å². The van der Waals surface area contributed by atoms with Gasteiger partial charge in [0, 0.05) is 18.8 Å². The quantitative estimate of drug-likeness (QED) is 0.633. The highest BCUT2D eigenvalue weighted by Crippen LogP contribution is 2.07. The van der Waals surface area contributed by atoms with Crippen molar-refractivity contribution in [2.75, 3.05) is 6.54 Å². The van der Waals surface area contributed by atoms with E-state index in [1.807, 2.05) is 12.3 Å². The first-order valence-corrected chi connectivity index (χ1v) is 5.00. The van der Waals surface area contributed by atoms with Gasteiger partial charge in [-0.15, -0.1) is 0 Å². The Kier molecular flexibility index (Phi) is 4.08. The van der Waals surface area contributed by atoms with Crippen LogP contribution in [-0.2, 0) is 4.79 Å². The third-order valence-electron chi connectivity index (χ3n) is 1.79. The summed E-state index contributed by atoms with van der Waals surface area (Å²) in [5.74, 6) is 0.0463. The van der Waals surface area contributed by atoms with E-state index in [4.69, 9.17) is 0 Å². The first-order chi connectivity index (χ1) is 5.84. The van der Waals surface area contributed by atoms with Gasteiger partial charge in [-0.05, 0) is 24.2 Å². The molecule has 1 rings (SSSR count). The molecule has 1 heterocycles. The number of amides is 1. The van der Waals surface area contributed by atoms with Gasteiger partial charge in [0.1, 0.15) is 0 Å². The molecule has 0 aromatic rings. The van der Waals surface area contributed by atoms with Crippen LogP contribution >= 0.6 is 15.9 Å². The molecule has 0 aromatic carbocycles. The van der Waals surface area contributed by atoms with Crippen molar-refractivity contribution >= 4 is 21.8 Å². The van der Waals surface area contributed by atoms with Gasteiger partial charge in [-0.3, -0.25) is 4.79 Å². The van der Waals surface area contributed by atoms with Gasteiger partial charge in [-0.1, -0.05) is 22.0 Å². The Bertz CT molecular complexity index is 211. The summed E-state index contributed by atoms with van der Waals surface area (Å²) >= 11 is 3.08. The summed E-state index contributed by atoms with van der Waals surface area (Å²) in [6.07, 6.45) is 8.81. The van der Waals surface area contributed by atoms with Crippen LogP contribution < -0.4 is 0 Å². The second kappa shape index (κ2) is 5.14. The topological polar surface area (TPSA) is 20.3 Å². The molecule has 66 valence electrons. The van der Waals surface area contributed by atoms with Crippen molar-refractivity contribution < 1.29 is 4.79 Å². The second-order valence-corrected chi connectivity index (χ2v) is 3.23. The first kappa shape index (κ1) is 9.52. The molecule has 0 fully saturated rings. The molecule has 0 radical (unpaired) electrons. The van der Waals surface area contributed by atoms with Crippen molar-refractivity contribution in [3.63, 3.8) is 0 Å². The van der Waals surface area contributed by atoms with Gasteiger partial charge in [0.2, 0.25) is 0 Å². The second-order valence-electron chi connectivity index (χ2n) is 2.70. The van der Waals surface area contributed by atoms with E-state index in [9.17, 15) is 4.79 Å². The van der Waals surface area contributed by atoms with E-state index in [1.165, 1.54) is 12.5 Å². The number of halogens is 1. The van der Waals surface area contributed by atoms with Gasteiger partial charge in [0.05, 0.1) is 0 Å². The minimum atomic E-state index is 0.0463. The van der Waals surface area contributed by atoms with E-state index in [-0.39, 0.29) is 5.91 Å². The first-order valence-electron chi connectivity index (χ1n) is 4.08. The molecule has 1 amide bonds. The summed E-state index contributed by atoms with van der Waals surface area (Å²) in [5, 5.41) is 0. The number of allylic oxidation sites excluding steroid dienone is 1. The molecule has 3 heteroatoms. The van der Waals surface area contributed by atoms with Crippen molar-refractivity contribution in [2.24, 2.45) is 0 Å². The van der Waals surface area contributed by atoms with E-state index >= 15 is 0 Å². The fraction of sp³-hybridized carbons (Fsp3) is 0.444. The van der Waals surface area contributed by atoms with Gasteiger partial charge in [0.25, 0.3) is 5.91 Å². The van der Waals surface area contributed by atoms with Crippen LogP contribution in [0.4, 0.5) is 0 Å². The molecular weight excluding hydrogens is 218 g/mol. The SMILES string of the molecule is O=C(/C=C\Br)N1C=CCCCC1. The summed E-state index contributed by atoms with van der Waals surface area (Å²) in [6, 6.07) is 0. The molecule has 1 aliphatic heterocycles. The highest BCUT2D eigenvalue weighted by molar-refractivity contribution is 9.11. The normalized spacial score (nSPS) is 18.2. The lowest BCUT2D eigenvalue weighted by atomic mass is 10.2. The van der Waals surface area contributed by atoms with Crippen LogP contribution in [0.2, 0.25) is 0 Å². The lowest BCUT2D eigenvalue weighted by Gasteiger charge is -2.13. The molecular formula is C9H12BrNO. The average molecular weight is 230 g/mol. The van der Waals surface area contributed by atoms with E-state index in [0.717, 1.165) is 19.4 Å². The Balaban J connectivity index is 2.54. The Morgan fingerprint density at radius 2 is 2.33 bits per heavy atom. The maximum atomic E-state index is 11.3. The van der Waals surface area contributed by atoms with E-state index in [0.29, 0.717) is 0 Å². The zero-order chi connectivity index (χ0) is 8.81. The fourth-order valence-electron chi connectivity index (χ4n) is 1.15. The lowest BCUT2D eigenvalue weighted by molar-refractivity contribution is -0.123. The van der Waals surface area contributed by atoms with Crippen molar-refractivity contribution in [2.45, 2.75) is 19.3 Å². The van der Waals surface area contributed by atoms with E-state index < -0.39 is 0 Å². The van der Waals surface area contributed by atoms with Crippen LogP contribution in [0, 0.1) is 0 Å². The number of carbonyl (C=O) groups is 1. The minimum absolute atomic E-state index is 0.0463. The number of hydrogen-bond acceptors (Lipinski definition) is 1. The lowest BCUT2D eigenvalue weighted by Crippen LogP contribution is -2.23. The van der Waals surface area contributed by atoms with Crippen LogP contribution in [0.5, 0.6) is 0 Å². The average Bonchev–Trinajstić information content (AvgIpc) is 2.32. The molecule has 1 aliphatic rings. The Morgan fingerprint density at radius 1 is 1.50 bits per heavy atom. The molecule has 0 unspecified atom stereocenters. The highest BCUT2D eigenvalue weighted by atomic mass is 79.9. The number of nitrogens with zero attached hydrogens (tertiary/aromatic N) is 1. The molecule has 2 nitrogen and oxygen atoms in total. The molecule has 0 atom stereocenters. The van der Waals surface area contributed by atoms with Crippen LogP contribution in [0.1, 0.15) is 19.3 Å². The van der Waals surface area contributed by atoms with Gasteiger partial charge in [-0.25, -0.2) is 0 Å². The van der Waals surface area contributed by atoms with Gasteiger partial charge in [-0.2, -0.15) is 0 Å². The Labute approximate surface area is 81.1 Å². The van der Waals surface area contributed by atoms with Gasteiger partial charge >= 0.3 is 0 Å². The van der Waals surface area contributed by atoms with Crippen molar-refractivity contribution in [1.82, 2.24) is 4.90 Å². The summed E-state index contributed by atoms with van der Waals surface area (Å²) in [7, 11) is 0. The molecule has 0 aliphatic carbocycles. The Morgan fingerprint density at radius 3 is 3.08 bits per heavy atom. The zero-order valence-electron chi connectivity index (χ0n) is 6.87. The molecule has 0 N–H and O–H groups in total. The number of hydrogen-bond donors (Lipinski definition) is 0.